The molecule has 1 N–H and O–H groups in total. The SMILES string of the molecule is O=C(Nc1ccn(Cc2ccncc2)n1)c1cccnc1. The Kier molecular flexibility index (Phi) is 3.68. The summed E-state index contributed by atoms with van der Waals surface area (Å²) >= 11 is 0. The molecule has 0 aliphatic rings. The van der Waals surface area contributed by atoms with Gasteiger partial charge in [-0.05, 0) is 29.8 Å². The van der Waals surface area contributed by atoms with Crippen molar-refractivity contribution in [3.63, 3.8) is 0 Å². The molecule has 3 heterocycles. The first-order valence-electron chi connectivity index (χ1n) is 6.45. The van der Waals surface area contributed by atoms with E-state index in [4.69, 9.17) is 0 Å². The van der Waals surface area contributed by atoms with E-state index >= 15 is 0 Å². The quantitative estimate of drug-likeness (QED) is 0.792. The zero-order valence-electron chi connectivity index (χ0n) is 11.2. The summed E-state index contributed by atoms with van der Waals surface area (Å²) in [7, 11) is 0. The lowest BCUT2D eigenvalue weighted by Gasteiger charge is -2.02. The summed E-state index contributed by atoms with van der Waals surface area (Å²) in [6.45, 7) is 0.630. The van der Waals surface area contributed by atoms with E-state index in [1.54, 1.807) is 41.5 Å². The monoisotopic (exact) mass is 279 g/mol. The van der Waals surface area contributed by atoms with Crippen LogP contribution >= 0.6 is 0 Å². The summed E-state index contributed by atoms with van der Waals surface area (Å²) in [5.74, 6) is 0.287. The van der Waals surface area contributed by atoms with Gasteiger partial charge in [-0.15, -0.1) is 0 Å². The van der Waals surface area contributed by atoms with Gasteiger partial charge in [-0.2, -0.15) is 5.10 Å². The van der Waals surface area contributed by atoms with Gasteiger partial charge in [0, 0.05) is 37.1 Å². The topological polar surface area (TPSA) is 72.7 Å². The van der Waals surface area contributed by atoms with Crippen molar-refractivity contribution in [2.75, 3.05) is 5.32 Å². The van der Waals surface area contributed by atoms with Crippen LogP contribution in [0, 0.1) is 0 Å². The van der Waals surface area contributed by atoms with Crippen LogP contribution in [-0.2, 0) is 6.54 Å². The van der Waals surface area contributed by atoms with Gasteiger partial charge in [-0.3, -0.25) is 19.4 Å². The van der Waals surface area contributed by atoms with Crippen LogP contribution in [0.1, 0.15) is 15.9 Å². The minimum Gasteiger partial charge on any atom is -0.305 e. The van der Waals surface area contributed by atoms with Crippen LogP contribution in [0.5, 0.6) is 0 Å². The van der Waals surface area contributed by atoms with Crippen LogP contribution in [0.15, 0.2) is 61.3 Å². The lowest BCUT2D eigenvalue weighted by atomic mass is 10.3. The third-order valence-electron chi connectivity index (χ3n) is 2.90. The molecule has 0 saturated heterocycles. The van der Waals surface area contributed by atoms with E-state index in [1.165, 1.54) is 6.20 Å². The number of nitrogens with one attached hydrogen (secondary N) is 1. The van der Waals surface area contributed by atoms with Crippen molar-refractivity contribution in [3.05, 3.63) is 72.4 Å². The maximum atomic E-state index is 12.0. The minimum absolute atomic E-state index is 0.225. The maximum Gasteiger partial charge on any atom is 0.258 e. The second-order valence-corrected chi connectivity index (χ2v) is 4.45. The number of carbonyl (C=O) groups is 1. The Bertz CT molecular complexity index is 724. The molecule has 0 aromatic carbocycles. The van der Waals surface area contributed by atoms with Crippen molar-refractivity contribution in [1.82, 2.24) is 19.7 Å². The van der Waals surface area contributed by atoms with Crippen LogP contribution in [0.2, 0.25) is 0 Å². The van der Waals surface area contributed by atoms with E-state index in [0.717, 1.165) is 5.56 Å². The molecule has 0 radical (unpaired) electrons. The average Bonchev–Trinajstić information content (AvgIpc) is 2.96. The Labute approximate surface area is 121 Å². The van der Waals surface area contributed by atoms with Gasteiger partial charge >= 0.3 is 0 Å². The molecule has 0 aliphatic heterocycles. The summed E-state index contributed by atoms with van der Waals surface area (Å²) in [6.07, 6.45) is 8.44. The second-order valence-electron chi connectivity index (χ2n) is 4.45. The number of nitrogens with zero attached hydrogens (tertiary/aromatic N) is 4. The van der Waals surface area contributed by atoms with Gasteiger partial charge in [-0.1, -0.05) is 0 Å². The lowest BCUT2D eigenvalue weighted by Crippen LogP contribution is -2.13. The Morgan fingerprint density at radius 1 is 1.10 bits per heavy atom. The van der Waals surface area contributed by atoms with E-state index in [9.17, 15) is 4.79 Å². The number of anilines is 1. The van der Waals surface area contributed by atoms with Gasteiger partial charge in [0.2, 0.25) is 0 Å². The highest BCUT2D eigenvalue weighted by atomic mass is 16.1. The lowest BCUT2D eigenvalue weighted by molar-refractivity contribution is 0.102. The van der Waals surface area contributed by atoms with Crippen molar-refractivity contribution >= 4 is 11.7 Å². The number of amides is 1. The number of aromatic nitrogens is 4. The summed E-state index contributed by atoms with van der Waals surface area (Å²) in [5, 5.41) is 7.06. The average molecular weight is 279 g/mol. The van der Waals surface area contributed by atoms with E-state index in [-0.39, 0.29) is 5.91 Å². The summed E-state index contributed by atoms with van der Waals surface area (Å²) in [5.41, 5.74) is 1.60. The molecule has 6 nitrogen and oxygen atoms in total. The molecule has 3 rings (SSSR count). The summed E-state index contributed by atoms with van der Waals surface area (Å²) in [4.78, 5) is 19.9. The minimum atomic E-state index is -0.225. The van der Waals surface area contributed by atoms with Crippen LogP contribution in [0.25, 0.3) is 0 Å². The Balaban J connectivity index is 1.67. The van der Waals surface area contributed by atoms with Crippen molar-refractivity contribution in [2.24, 2.45) is 0 Å². The highest BCUT2D eigenvalue weighted by Gasteiger charge is 2.07. The molecule has 0 spiro atoms. The number of hydrogen-bond acceptors (Lipinski definition) is 4. The number of pyridine rings is 2. The first-order valence-corrected chi connectivity index (χ1v) is 6.45. The zero-order chi connectivity index (χ0) is 14.5. The molecule has 0 unspecified atom stereocenters. The van der Waals surface area contributed by atoms with Crippen molar-refractivity contribution in [3.8, 4) is 0 Å². The first-order chi connectivity index (χ1) is 10.3. The second kappa shape index (κ2) is 5.96. The fourth-order valence-corrected chi connectivity index (χ4v) is 1.88. The molecule has 3 aromatic heterocycles. The predicted octanol–water partition coefficient (Wildman–Crippen LogP) is 1.97. The van der Waals surface area contributed by atoms with Crippen molar-refractivity contribution in [1.29, 1.82) is 0 Å². The van der Waals surface area contributed by atoms with Crippen LogP contribution < -0.4 is 5.32 Å². The first kappa shape index (κ1) is 13.0. The molecular weight excluding hydrogens is 266 g/mol. The van der Waals surface area contributed by atoms with Crippen molar-refractivity contribution < 1.29 is 4.79 Å². The molecule has 6 heteroatoms. The molecule has 0 atom stereocenters. The molecule has 0 fully saturated rings. The standard InChI is InChI=1S/C15H13N5O/c21-15(13-2-1-6-17-10-13)18-14-5-9-20(19-14)11-12-3-7-16-8-4-12/h1-10H,11H2,(H,18,19,21). The molecule has 3 aromatic rings. The summed E-state index contributed by atoms with van der Waals surface area (Å²) in [6, 6.07) is 9.04. The molecular formula is C15H13N5O. The third-order valence-corrected chi connectivity index (χ3v) is 2.90. The zero-order valence-corrected chi connectivity index (χ0v) is 11.2. The fraction of sp³-hybridized carbons (Fsp3) is 0.0667. The van der Waals surface area contributed by atoms with E-state index in [1.807, 2.05) is 18.3 Å². The van der Waals surface area contributed by atoms with Gasteiger partial charge in [0.25, 0.3) is 5.91 Å². The number of carbonyl (C=O) groups excluding carboxylic acids is 1. The van der Waals surface area contributed by atoms with Gasteiger partial charge in [0.15, 0.2) is 5.82 Å². The Morgan fingerprint density at radius 3 is 2.71 bits per heavy atom. The van der Waals surface area contributed by atoms with E-state index in [0.29, 0.717) is 17.9 Å². The molecule has 21 heavy (non-hydrogen) atoms. The highest BCUT2D eigenvalue weighted by molar-refractivity contribution is 6.03. The number of hydrogen-bond donors (Lipinski definition) is 1. The molecule has 1 amide bonds. The summed E-state index contributed by atoms with van der Waals surface area (Å²) < 4.78 is 1.76. The molecule has 0 bridgehead atoms. The highest BCUT2D eigenvalue weighted by Crippen LogP contribution is 2.07. The normalized spacial score (nSPS) is 10.3. The molecule has 0 saturated carbocycles. The third kappa shape index (κ3) is 3.30. The van der Waals surface area contributed by atoms with Gasteiger partial charge < -0.3 is 5.32 Å². The Morgan fingerprint density at radius 2 is 1.95 bits per heavy atom. The van der Waals surface area contributed by atoms with Crippen LogP contribution in [0.4, 0.5) is 5.82 Å². The van der Waals surface area contributed by atoms with Crippen LogP contribution in [-0.4, -0.2) is 25.7 Å². The van der Waals surface area contributed by atoms with E-state index in [2.05, 4.69) is 20.4 Å². The van der Waals surface area contributed by atoms with Gasteiger partial charge in [0.1, 0.15) is 0 Å². The predicted molar refractivity (Wildman–Crippen MR) is 77.8 cm³/mol. The molecule has 104 valence electrons. The largest absolute Gasteiger partial charge is 0.305 e. The molecule has 0 aliphatic carbocycles. The fourth-order valence-electron chi connectivity index (χ4n) is 1.88. The van der Waals surface area contributed by atoms with Crippen molar-refractivity contribution in [2.45, 2.75) is 6.54 Å². The van der Waals surface area contributed by atoms with Gasteiger partial charge in [0.05, 0.1) is 12.1 Å². The number of rotatable bonds is 4. The smallest absolute Gasteiger partial charge is 0.258 e. The van der Waals surface area contributed by atoms with E-state index < -0.39 is 0 Å². The maximum absolute atomic E-state index is 12.0. The van der Waals surface area contributed by atoms with Crippen LogP contribution in [0.3, 0.4) is 0 Å². The van der Waals surface area contributed by atoms with Gasteiger partial charge in [-0.25, -0.2) is 0 Å². The Hall–Kier alpha value is -3.02.